The molecule has 1 N–H and O–H groups in total. The lowest BCUT2D eigenvalue weighted by Gasteiger charge is -2.52. The number of rotatable bonds is 1. The summed E-state index contributed by atoms with van der Waals surface area (Å²) in [6.07, 6.45) is 7.92. The minimum absolute atomic E-state index is 0.178. The summed E-state index contributed by atoms with van der Waals surface area (Å²) in [5, 5.41) is 20.9. The average Bonchev–Trinajstić information content (AvgIpc) is 2.27. The van der Waals surface area contributed by atoms with Crippen molar-refractivity contribution in [1.82, 2.24) is 0 Å². The van der Waals surface area contributed by atoms with Gasteiger partial charge in [-0.05, 0) is 43.4 Å². The number of nitrogens with zero attached hydrogens (tertiary/aromatic N) is 1. The van der Waals surface area contributed by atoms with Crippen molar-refractivity contribution < 1.29 is 5.11 Å². The zero-order chi connectivity index (χ0) is 13.4. The highest BCUT2D eigenvalue weighted by Gasteiger charge is 2.55. The van der Waals surface area contributed by atoms with Crippen LogP contribution in [0.5, 0.6) is 0 Å². The van der Waals surface area contributed by atoms with Crippen molar-refractivity contribution in [3.05, 3.63) is 0 Å². The van der Waals surface area contributed by atoms with E-state index in [4.69, 9.17) is 0 Å². The van der Waals surface area contributed by atoms with Crippen molar-refractivity contribution in [3.8, 4) is 6.07 Å². The summed E-state index contributed by atoms with van der Waals surface area (Å²) in [4.78, 5) is 0. The zero-order valence-corrected chi connectivity index (χ0v) is 12.1. The van der Waals surface area contributed by atoms with Crippen LogP contribution in [-0.2, 0) is 0 Å². The maximum absolute atomic E-state index is 11.2. The first-order valence-corrected chi connectivity index (χ1v) is 7.46. The zero-order valence-electron chi connectivity index (χ0n) is 12.1. The molecular formula is C16H27NO. The van der Waals surface area contributed by atoms with Gasteiger partial charge in [0, 0.05) is 0 Å². The Morgan fingerprint density at radius 3 is 2.44 bits per heavy atom. The molecule has 0 radical (unpaired) electrons. The lowest BCUT2D eigenvalue weighted by atomic mass is 9.54. The van der Waals surface area contributed by atoms with Gasteiger partial charge < -0.3 is 5.11 Å². The molecule has 2 rings (SSSR count). The summed E-state index contributed by atoms with van der Waals surface area (Å²) in [6, 6.07) is 2.55. The predicted molar refractivity (Wildman–Crippen MR) is 72.9 cm³/mol. The molecule has 0 aromatic rings. The Balaban J connectivity index is 2.28. The van der Waals surface area contributed by atoms with Crippen molar-refractivity contribution in [1.29, 1.82) is 5.26 Å². The fourth-order valence-corrected chi connectivity index (χ4v) is 4.42. The van der Waals surface area contributed by atoms with Crippen LogP contribution in [0.15, 0.2) is 0 Å². The summed E-state index contributed by atoms with van der Waals surface area (Å²) in [6.45, 7) is 6.69. The lowest BCUT2D eigenvalue weighted by molar-refractivity contribution is -0.129. The summed E-state index contributed by atoms with van der Waals surface area (Å²) >= 11 is 0. The number of nitriles is 1. The smallest absolute Gasteiger partial charge is 0.0863 e. The Morgan fingerprint density at radius 2 is 1.89 bits per heavy atom. The van der Waals surface area contributed by atoms with Gasteiger partial charge in [-0.1, -0.05) is 40.0 Å². The second-order valence-corrected chi connectivity index (χ2v) is 7.62. The van der Waals surface area contributed by atoms with Crippen LogP contribution >= 0.6 is 0 Å². The quantitative estimate of drug-likeness (QED) is 0.762. The van der Waals surface area contributed by atoms with E-state index < -0.39 is 11.0 Å². The third kappa shape index (κ3) is 2.30. The first kappa shape index (κ1) is 13.9. The monoisotopic (exact) mass is 249 g/mol. The SMILES string of the molecule is CC1CCCC(C#N)(C2(O)CCCC(C)(C)C2)C1. The van der Waals surface area contributed by atoms with E-state index in [9.17, 15) is 10.4 Å². The normalized spacial score (nSPS) is 44.3. The standard InChI is InChI=1S/C16H27NO/c1-13-6-4-8-15(10-13,12-17)16(18)9-5-7-14(2,3)11-16/h13,18H,4-11H2,1-3H3. The third-order valence-corrected chi connectivity index (χ3v) is 5.32. The molecule has 102 valence electrons. The van der Waals surface area contributed by atoms with Crippen molar-refractivity contribution in [3.63, 3.8) is 0 Å². The summed E-state index contributed by atoms with van der Waals surface area (Å²) in [7, 11) is 0. The summed E-state index contributed by atoms with van der Waals surface area (Å²) in [5.74, 6) is 0.576. The Morgan fingerprint density at radius 1 is 1.17 bits per heavy atom. The van der Waals surface area contributed by atoms with Crippen molar-refractivity contribution in [2.45, 2.75) is 77.7 Å². The molecule has 0 heterocycles. The fourth-order valence-electron chi connectivity index (χ4n) is 4.42. The molecule has 3 atom stereocenters. The van der Waals surface area contributed by atoms with Crippen LogP contribution in [0.25, 0.3) is 0 Å². The van der Waals surface area contributed by atoms with Crippen LogP contribution in [0.3, 0.4) is 0 Å². The number of hydrogen-bond donors (Lipinski definition) is 1. The molecule has 0 aromatic heterocycles. The van der Waals surface area contributed by atoms with Gasteiger partial charge in [-0.25, -0.2) is 0 Å². The number of aliphatic hydroxyl groups is 1. The molecule has 2 fully saturated rings. The van der Waals surface area contributed by atoms with Gasteiger partial charge in [0.25, 0.3) is 0 Å². The molecule has 0 spiro atoms. The van der Waals surface area contributed by atoms with Gasteiger partial charge in [-0.15, -0.1) is 0 Å². The minimum Gasteiger partial charge on any atom is -0.388 e. The van der Waals surface area contributed by atoms with E-state index in [0.29, 0.717) is 5.92 Å². The molecular weight excluding hydrogens is 222 g/mol. The molecule has 0 bridgehead atoms. The highest BCUT2D eigenvalue weighted by atomic mass is 16.3. The molecule has 0 aromatic carbocycles. The molecule has 0 aliphatic heterocycles. The molecule has 2 saturated carbocycles. The van der Waals surface area contributed by atoms with E-state index in [2.05, 4.69) is 26.8 Å². The molecule has 2 nitrogen and oxygen atoms in total. The van der Waals surface area contributed by atoms with Crippen LogP contribution in [0.1, 0.15) is 72.1 Å². The topological polar surface area (TPSA) is 44.0 Å². The van der Waals surface area contributed by atoms with Gasteiger partial charge in [0.2, 0.25) is 0 Å². The van der Waals surface area contributed by atoms with Crippen LogP contribution in [0.4, 0.5) is 0 Å². The molecule has 3 unspecified atom stereocenters. The maximum atomic E-state index is 11.2. The van der Waals surface area contributed by atoms with Crippen LogP contribution in [-0.4, -0.2) is 10.7 Å². The fraction of sp³-hybridized carbons (Fsp3) is 0.938. The van der Waals surface area contributed by atoms with Crippen molar-refractivity contribution in [2.75, 3.05) is 0 Å². The number of hydrogen-bond acceptors (Lipinski definition) is 2. The molecule has 2 heteroatoms. The largest absolute Gasteiger partial charge is 0.388 e. The molecule has 0 saturated heterocycles. The van der Waals surface area contributed by atoms with E-state index in [1.807, 2.05) is 0 Å². The predicted octanol–water partition coefficient (Wildman–Crippen LogP) is 4.04. The Labute approximate surface area is 111 Å². The van der Waals surface area contributed by atoms with E-state index in [0.717, 1.165) is 38.5 Å². The highest BCUT2D eigenvalue weighted by Crippen LogP contribution is 2.55. The lowest BCUT2D eigenvalue weighted by Crippen LogP contribution is -2.54. The second kappa shape index (κ2) is 4.53. The first-order valence-electron chi connectivity index (χ1n) is 7.46. The minimum atomic E-state index is -0.752. The van der Waals surface area contributed by atoms with E-state index >= 15 is 0 Å². The van der Waals surface area contributed by atoms with Crippen molar-refractivity contribution >= 4 is 0 Å². The highest BCUT2D eigenvalue weighted by molar-refractivity contribution is 5.15. The Bertz CT molecular complexity index is 357. The van der Waals surface area contributed by atoms with Gasteiger partial charge in [0.15, 0.2) is 0 Å². The van der Waals surface area contributed by atoms with Crippen molar-refractivity contribution in [2.24, 2.45) is 16.7 Å². The molecule has 2 aliphatic carbocycles. The van der Waals surface area contributed by atoms with Gasteiger partial charge >= 0.3 is 0 Å². The van der Waals surface area contributed by atoms with Gasteiger partial charge in [-0.3, -0.25) is 0 Å². The second-order valence-electron chi connectivity index (χ2n) is 7.62. The van der Waals surface area contributed by atoms with E-state index in [-0.39, 0.29) is 5.41 Å². The third-order valence-electron chi connectivity index (χ3n) is 5.32. The maximum Gasteiger partial charge on any atom is 0.0863 e. The molecule has 0 amide bonds. The van der Waals surface area contributed by atoms with E-state index in [1.54, 1.807) is 0 Å². The molecule has 18 heavy (non-hydrogen) atoms. The first-order chi connectivity index (χ1) is 8.33. The Hall–Kier alpha value is -0.550. The van der Waals surface area contributed by atoms with Crippen LogP contribution in [0, 0.1) is 28.1 Å². The van der Waals surface area contributed by atoms with Gasteiger partial charge in [0.05, 0.1) is 17.1 Å². The van der Waals surface area contributed by atoms with Crippen LogP contribution in [0.2, 0.25) is 0 Å². The summed E-state index contributed by atoms with van der Waals surface area (Å²) in [5.41, 5.74) is -1.06. The van der Waals surface area contributed by atoms with E-state index in [1.165, 1.54) is 12.8 Å². The van der Waals surface area contributed by atoms with Crippen LogP contribution < -0.4 is 0 Å². The van der Waals surface area contributed by atoms with Gasteiger partial charge in [-0.2, -0.15) is 5.26 Å². The average molecular weight is 249 g/mol. The summed E-state index contributed by atoms with van der Waals surface area (Å²) < 4.78 is 0. The van der Waals surface area contributed by atoms with Gasteiger partial charge in [0.1, 0.15) is 0 Å². The molecule has 2 aliphatic rings. The Kier molecular flexibility index (Phi) is 3.49.